The highest BCUT2D eigenvalue weighted by Gasteiger charge is 2.06. The molecule has 1 aromatic rings. The van der Waals surface area contributed by atoms with Crippen molar-refractivity contribution in [1.29, 1.82) is 0 Å². The number of carbonyl (C=O) groups excluding carboxylic acids is 1. The van der Waals surface area contributed by atoms with Crippen LogP contribution in [0.15, 0.2) is 18.2 Å². The van der Waals surface area contributed by atoms with Crippen LogP contribution in [-0.2, 0) is 16.0 Å². The van der Waals surface area contributed by atoms with Crippen LogP contribution in [-0.4, -0.2) is 25.7 Å². The molecular weight excluding hydrogens is 237 g/mol. The first-order valence-corrected chi connectivity index (χ1v) is 5.76. The van der Waals surface area contributed by atoms with E-state index in [1.54, 1.807) is 6.07 Å². The van der Waals surface area contributed by atoms with Gasteiger partial charge in [0.1, 0.15) is 11.6 Å². The average Bonchev–Trinajstić information content (AvgIpc) is 2.27. The van der Waals surface area contributed by atoms with Crippen molar-refractivity contribution in [2.75, 3.05) is 13.7 Å². The molecular formula is C13H18FNO3. The Balaban J connectivity index is 2.59. The Morgan fingerprint density at radius 2 is 2.17 bits per heavy atom. The topological polar surface area (TPSA) is 61.5 Å². The second-order valence-corrected chi connectivity index (χ2v) is 4.15. The Bertz CT molecular complexity index is 407. The minimum absolute atomic E-state index is 0.0466. The molecule has 0 aliphatic heterocycles. The summed E-state index contributed by atoms with van der Waals surface area (Å²) in [5.74, 6) is -0.335. The maximum atomic E-state index is 13.3. The molecule has 0 aliphatic carbocycles. The molecule has 5 heteroatoms. The number of nitrogens with two attached hydrogens (primary N) is 1. The Morgan fingerprint density at radius 1 is 1.44 bits per heavy atom. The van der Waals surface area contributed by atoms with Crippen molar-refractivity contribution in [2.24, 2.45) is 5.73 Å². The second kappa shape index (κ2) is 6.96. The number of ether oxygens (including phenoxy) is 2. The minimum atomic E-state index is -0.374. The van der Waals surface area contributed by atoms with Crippen LogP contribution in [0.2, 0.25) is 0 Å². The quantitative estimate of drug-likeness (QED) is 0.785. The van der Waals surface area contributed by atoms with E-state index in [4.69, 9.17) is 10.5 Å². The molecule has 0 radical (unpaired) electrons. The molecule has 0 fully saturated rings. The van der Waals surface area contributed by atoms with Gasteiger partial charge in [0, 0.05) is 12.1 Å². The Morgan fingerprint density at radius 3 is 2.78 bits per heavy atom. The van der Waals surface area contributed by atoms with Gasteiger partial charge < -0.3 is 15.2 Å². The van der Waals surface area contributed by atoms with E-state index in [2.05, 4.69) is 4.74 Å². The molecule has 1 rings (SSSR count). The summed E-state index contributed by atoms with van der Waals surface area (Å²) in [6.45, 7) is 2.01. The molecule has 0 amide bonds. The number of halogens is 1. The van der Waals surface area contributed by atoms with Crippen molar-refractivity contribution in [3.63, 3.8) is 0 Å². The van der Waals surface area contributed by atoms with Crippen LogP contribution in [0.1, 0.15) is 18.9 Å². The zero-order valence-electron chi connectivity index (χ0n) is 10.6. The lowest BCUT2D eigenvalue weighted by Gasteiger charge is -2.09. The first-order chi connectivity index (χ1) is 8.51. The Kier molecular flexibility index (Phi) is 5.58. The van der Waals surface area contributed by atoms with E-state index in [-0.39, 0.29) is 30.9 Å². The van der Waals surface area contributed by atoms with Crippen LogP contribution >= 0.6 is 0 Å². The molecule has 100 valence electrons. The lowest BCUT2D eigenvalue weighted by Crippen LogP contribution is -2.17. The zero-order valence-corrected chi connectivity index (χ0v) is 10.6. The molecule has 0 saturated carbocycles. The zero-order chi connectivity index (χ0) is 13.5. The van der Waals surface area contributed by atoms with Crippen molar-refractivity contribution >= 4 is 5.97 Å². The van der Waals surface area contributed by atoms with Gasteiger partial charge in [-0.1, -0.05) is 0 Å². The summed E-state index contributed by atoms with van der Waals surface area (Å²) < 4.78 is 23.1. The highest BCUT2D eigenvalue weighted by atomic mass is 19.1. The summed E-state index contributed by atoms with van der Waals surface area (Å²) in [4.78, 5) is 10.9. The van der Waals surface area contributed by atoms with Crippen LogP contribution in [0.5, 0.6) is 5.75 Å². The fraction of sp³-hybridized carbons (Fsp3) is 0.462. The van der Waals surface area contributed by atoms with Crippen molar-refractivity contribution in [3.05, 3.63) is 29.6 Å². The third-order valence-electron chi connectivity index (χ3n) is 2.29. The minimum Gasteiger partial charge on any atom is -0.493 e. The third kappa shape index (κ3) is 5.14. The highest BCUT2D eigenvalue weighted by molar-refractivity contribution is 5.69. The lowest BCUT2D eigenvalue weighted by atomic mass is 10.1. The summed E-state index contributed by atoms with van der Waals surface area (Å²) >= 11 is 0. The summed E-state index contributed by atoms with van der Waals surface area (Å²) in [6.07, 6.45) is 0.709. The van der Waals surface area contributed by atoms with Crippen molar-refractivity contribution in [2.45, 2.75) is 25.8 Å². The summed E-state index contributed by atoms with van der Waals surface area (Å²) in [7, 11) is 1.31. The van der Waals surface area contributed by atoms with Crippen LogP contribution in [0.3, 0.4) is 0 Å². The summed E-state index contributed by atoms with van der Waals surface area (Å²) in [5.41, 5.74) is 6.43. The Hall–Kier alpha value is -1.62. The number of hydrogen-bond donors (Lipinski definition) is 1. The normalized spacial score (nSPS) is 12.0. The SMILES string of the molecule is COC(=O)CCOc1cc(F)cc(CC(C)N)c1. The molecule has 2 N–H and O–H groups in total. The van der Waals surface area contributed by atoms with E-state index in [9.17, 15) is 9.18 Å². The van der Waals surface area contributed by atoms with Crippen LogP contribution in [0.25, 0.3) is 0 Å². The Labute approximate surface area is 106 Å². The number of esters is 1. The van der Waals surface area contributed by atoms with Gasteiger partial charge >= 0.3 is 5.97 Å². The first kappa shape index (κ1) is 14.4. The molecule has 0 aliphatic rings. The molecule has 18 heavy (non-hydrogen) atoms. The van der Waals surface area contributed by atoms with Crippen molar-refractivity contribution in [3.8, 4) is 5.75 Å². The highest BCUT2D eigenvalue weighted by Crippen LogP contribution is 2.17. The molecule has 4 nitrogen and oxygen atoms in total. The van der Waals surface area contributed by atoms with Crippen LogP contribution in [0, 0.1) is 5.82 Å². The van der Waals surface area contributed by atoms with E-state index < -0.39 is 0 Å². The van der Waals surface area contributed by atoms with Gasteiger partial charge in [0.15, 0.2) is 0 Å². The number of rotatable bonds is 6. The molecule has 0 spiro atoms. The molecule has 0 heterocycles. The van der Waals surface area contributed by atoms with Gasteiger partial charge in [0.25, 0.3) is 0 Å². The standard InChI is InChI=1S/C13H18FNO3/c1-9(15)5-10-6-11(14)8-12(7-10)18-4-3-13(16)17-2/h6-9H,3-5,15H2,1-2H3. The van der Waals surface area contributed by atoms with Gasteiger partial charge in [0.05, 0.1) is 20.1 Å². The van der Waals surface area contributed by atoms with E-state index in [0.29, 0.717) is 12.2 Å². The van der Waals surface area contributed by atoms with Gasteiger partial charge in [-0.3, -0.25) is 4.79 Å². The maximum absolute atomic E-state index is 13.3. The van der Waals surface area contributed by atoms with Gasteiger partial charge in [-0.05, 0) is 31.0 Å². The van der Waals surface area contributed by atoms with Crippen LogP contribution < -0.4 is 10.5 Å². The van der Waals surface area contributed by atoms with E-state index in [0.717, 1.165) is 5.56 Å². The summed E-state index contributed by atoms with van der Waals surface area (Å²) in [6, 6.07) is 4.39. The number of carbonyl (C=O) groups is 1. The van der Waals surface area contributed by atoms with Crippen LogP contribution in [0.4, 0.5) is 4.39 Å². The van der Waals surface area contributed by atoms with E-state index in [1.165, 1.54) is 19.2 Å². The van der Waals surface area contributed by atoms with E-state index >= 15 is 0 Å². The molecule has 1 aromatic carbocycles. The maximum Gasteiger partial charge on any atom is 0.308 e. The fourth-order valence-electron chi connectivity index (χ4n) is 1.55. The van der Waals surface area contributed by atoms with Crippen molar-refractivity contribution in [1.82, 2.24) is 0 Å². The summed E-state index contributed by atoms with van der Waals surface area (Å²) in [5, 5.41) is 0. The number of hydrogen-bond acceptors (Lipinski definition) is 4. The third-order valence-corrected chi connectivity index (χ3v) is 2.29. The predicted molar refractivity (Wildman–Crippen MR) is 65.9 cm³/mol. The van der Waals surface area contributed by atoms with Crippen molar-refractivity contribution < 1.29 is 18.7 Å². The smallest absolute Gasteiger partial charge is 0.308 e. The fourth-order valence-corrected chi connectivity index (χ4v) is 1.55. The molecule has 0 bridgehead atoms. The molecule has 0 aromatic heterocycles. The lowest BCUT2D eigenvalue weighted by molar-refractivity contribution is -0.141. The van der Waals surface area contributed by atoms with Gasteiger partial charge in [-0.25, -0.2) is 4.39 Å². The van der Waals surface area contributed by atoms with Gasteiger partial charge in [-0.15, -0.1) is 0 Å². The van der Waals surface area contributed by atoms with E-state index in [1.807, 2.05) is 6.92 Å². The van der Waals surface area contributed by atoms with Gasteiger partial charge in [0.2, 0.25) is 0 Å². The molecule has 1 atom stereocenters. The monoisotopic (exact) mass is 255 g/mol. The average molecular weight is 255 g/mol. The van der Waals surface area contributed by atoms with Gasteiger partial charge in [-0.2, -0.15) is 0 Å². The predicted octanol–water partition coefficient (Wildman–Crippen LogP) is 1.66. The number of methoxy groups -OCH3 is 1. The first-order valence-electron chi connectivity index (χ1n) is 5.76. The molecule has 1 unspecified atom stereocenters. The largest absolute Gasteiger partial charge is 0.493 e. The molecule has 0 saturated heterocycles. The number of benzene rings is 1. The second-order valence-electron chi connectivity index (χ2n) is 4.15.